The number of halogens is 2. The molecule has 4 atom stereocenters. The molecule has 0 aliphatic heterocycles. The predicted molar refractivity (Wildman–Crippen MR) is 87.5 cm³/mol. The molecule has 1 unspecified atom stereocenters. The fourth-order valence-corrected chi connectivity index (χ4v) is 5.21. The van der Waals surface area contributed by atoms with Crippen molar-refractivity contribution in [2.45, 2.75) is 61.5 Å². The molecule has 0 spiro atoms. The Kier molecular flexibility index (Phi) is 4.52. The number of aliphatic hydroxyl groups is 1. The van der Waals surface area contributed by atoms with Crippen LogP contribution < -0.4 is 4.84 Å². The van der Waals surface area contributed by atoms with E-state index in [1.165, 1.54) is 12.8 Å². The van der Waals surface area contributed by atoms with Crippen LogP contribution in [0, 0.1) is 5.92 Å². The van der Waals surface area contributed by atoms with E-state index < -0.39 is 5.60 Å². The minimum atomic E-state index is -0.715. The zero-order valence-corrected chi connectivity index (χ0v) is 13.7. The summed E-state index contributed by atoms with van der Waals surface area (Å²) in [5.41, 5.74) is 0.397. The minimum absolute atomic E-state index is 0.0445. The van der Waals surface area contributed by atoms with Gasteiger partial charge < -0.3 is 5.11 Å². The van der Waals surface area contributed by atoms with Crippen molar-refractivity contribution >= 4 is 23.4 Å². The van der Waals surface area contributed by atoms with E-state index in [-0.39, 0.29) is 10.9 Å². The van der Waals surface area contributed by atoms with Crippen LogP contribution in [-0.2, 0) is 0 Å². The topological polar surface area (TPSA) is 32.3 Å². The Balaban J connectivity index is 1.76. The number of alkyl halides is 1. The van der Waals surface area contributed by atoms with Crippen LogP contribution in [0.1, 0.15) is 56.6 Å². The first kappa shape index (κ1) is 15.6. The van der Waals surface area contributed by atoms with Gasteiger partial charge in [0.25, 0.3) is 0 Å². The van der Waals surface area contributed by atoms with Crippen molar-refractivity contribution in [3.8, 4) is 0 Å². The van der Waals surface area contributed by atoms with Gasteiger partial charge in [0.1, 0.15) is 0 Å². The molecular weight excluding hydrogens is 305 g/mol. The van der Waals surface area contributed by atoms with Crippen LogP contribution in [0.15, 0.2) is 30.3 Å². The van der Waals surface area contributed by atoms with Gasteiger partial charge in [-0.05, 0) is 55.4 Å². The van der Waals surface area contributed by atoms with E-state index in [0.717, 1.165) is 24.8 Å². The molecule has 2 aliphatic rings. The third-order valence-corrected chi connectivity index (χ3v) is 5.86. The number of hydrogen-bond acceptors (Lipinski definition) is 2. The minimum Gasteiger partial charge on any atom is -0.390 e. The lowest BCUT2D eigenvalue weighted by Gasteiger charge is -2.49. The van der Waals surface area contributed by atoms with Gasteiger partial charge in [0.2, 0.25) is 0 Å². The summed E-state index contributed by atoms with van der Waals surface area (Å²) >= 11 is 12.7. The molecule has 2 fully saturated rings. The summed E-state index contributed by atoms with van der Waals surface area (Å²) in [7, 11) is 0. The summed E-state index contributed by atoms with van der Waals surface area (Å²) < 4.78 is 0. The quantitative estimate of drug-likeness (QED) is 0.627. The van der Waals surface area contributed by atoms with Gasteiger partial charge in [-0.2, -0.15) is 0 Å². The van der Waals surface area contributed by atoms with Crippen molar-refractivity contribution in [1.29, 1.82) is 0 Å². The molecule has 0 heterocycles. The van der Waals surface area contributed by atoms with Gasteiger partial charge in [-0.15, -0.1) is 11.6 Å². The van der Waals surface area contributed by atoms with Gasteiger partial charge in [0.05, 0.1) is 5.60 Å². The molecule has 2 saturated carbocycles. The average molecular weight is 328 g/mol. The Labute approximate surface area is 136 Å². The summed E-state index contributed by atoms with van der Waals surface area (Å²) in [6.07, 6.45) is 6.62. The molecule has 2 bridgehead atoms. The second-order valence-electron chi connectivity index (χ2n) is 7.00. The van der Waals surface area contributed by atoms with Gasteiger partial charge >= 0.3 is 0 Å². The fraction of sp³-hybridized carbons (Fsp3) is 0.647. The van der Waals surface area contributed by atoms with Crippen molar-refractivity contribution in [1.82, 2.24) is 4.84 Å². The molecule has 0 aromatic heterocycles. The molecule has 4 heteroatoms. The van der Waals surface area contributed by atoms with Crippen molar-refractivity contribution in [3.05, 3.63) is 35.9 Å². The summed E-state index contributed by atoms with van der Waals surface area (Å²) in [5, 5.41) is 11.1. The van der Waals surface area contributed by atoms with E-state index in [1.807, 2.05) is 30.3 Å². The van der Waals surface area contributed by atoms with Crippen LogP contribution >= 0.6 is 23.4 Å². The number of fused-ring (bicyclic) bond motifs is 2. The highest BCUT2D eigenvalue weighted by molar-refractivity contribution is 6.24. The Morgan fingerprint density at radius 2 is 2.05 bits per heavy atom. The predicted octanol–water partition coefficient (Wildman–Crippen LogP) is 4.55. The lowest BCUT2D eigenvalue weighted by atomic mass is 9.64. The maximum absolute atomic E-state index is 11.1. The average Bonchev–Trinajstić information content (AvgIpc) is 2.44. The van der Waals surface area contributed by atoms with Crippen LogP contribution in [0.4, 0.5) is 0 Å². The first-order valence-electron chi connectivity index (χ1n) is 7.84. The zero-order chi connectivity index (χ0) is 14.9. The summed E-state index contributed by atoms with van der Waals surface area (Å²) in [6.45, 7) is 0. The van der Waals surface area contributed by atoms with E-state index in [2.05, 4.69) is 4.84 Å². The molecular formula is C17H23Cl2NO. The molecule has 1 aromatic carbocycles. The molecule has 3 rings (SSSR count). The van der Waals surface area contributed by atoms with E-state index in [0.29, 0.717) is 18.8 Å². The van der Waals surface area contributed by atoms with Gasteiger partial charge in [0.15, 0.2) is 0 Å². The highest BCUT2D eigenvalue weighted by Gasteiger charge is 2.49. The van der Waals surface area contributed by atoms with Crippen LogP contribution in [0.5, 0.6) is 0 Å². The van der Waals surface area contributed by atoms with Gasteiger partial charge in [-0.25, -0.2) is 4.84 Å². The Bertz CT molecular complexity index is 483. The summed E-state index contributed by atoms with van der Waals surface area (Å²) in [4.78, 5) is 2.63. The Hall–Kier alpha value is -0.280. The Morgan fingerprint density at radius 3 is 2.71 bits per heavy atom. The van der Waals surface area contributed by atoms with E-state index in [1.54, 1.807) is 0 Å². The summed E-state index contributed by atoms with van der Waals surface area (Å²) in [6, 6.07) is 10.0. The second kappa shape index (κ2) is 6.08. The van der Waals surface area contributed by atoms with E-state index >= 15 is 0 Å². The van der Waals surface area contributed by atoms with Crippen LogP contribution in [0.25, 0.3) is 0 Å². The molecule has 21 heavy (non-hydrogen) atoms. The van der Waals surface area contributed by atoms with Gasteiger partial charge in [0, 0.05) is 10.9 Å². The SMILES string of the molecule is O[C@@]1(C[C@@H](NCl)c2ccccc2)CC2CCC[C@@](Cl)(C2)C1. The van der Waals surface area contributed by atoms with E-state index in [4.69, 9.17) is 23.4 Å². The van der Waals surface area contributed by atoms with Crippen molar-refractivity contribution < 1.29 is 5.11 Å². The molecule has 0 radical (unpaired) electrons. The molecule has 2 nitrogen and oxygen atoms in total. The molecule has 1 aromatic rings. The lowest BCUT2D eigenvalue weighted by Crippen LogP contribution is -2.49. The number of rotatable bonds is 4. The fourth-order valence-electron chi connectivity index (χ4n) is 4.40. The molecule has 0 amide bonds. The first-order chi connectivity index (χ1) is 10.0. The van der Waals surface area contributed by atoms with Crippen molar-refractivity contribution in [2.75, 3.05) is 0 Å². The standard InChI is InChI=1S/C17H23Cl2NO/c18-16-8-4-5-13(9-16)10-17(21,12-16)11-15(20-19)14-6-2-1-3-7-14/h1-3,6-7,13,15,20-21H,4-5,8-12H2/t13?,15-,16-,17-/m1/s1. The third kappa shape index (κ3) is 3.56. The number of hydrogen-bond donors (Lipinski definition) is 2. The molecule has 2 aliphatic carbocycles. The first-order valence-corrected chi connectivity index (χ1v) is 8.60. The van der Waals surface area contributed by atoms with Crippen LogP contribution in [-0.4, -0.2) is 15.6 Å². The van der Waals surface area contributed by atoms with Crippen molar-refractivity contribution in [2.24, 2.45) is 5.92 Å². The van der Waals surface area contributed by atoms with Gasteiger partial charge in [-0.3, -0.25) is 0 Å². The van der Waals surface area contributed by atoms with Crippen LogP contribution in [0.3, 0.4) is 0 Å². The maximum Gasteiger partial charge on any atom is 0.0685 e. The van der Waals surface area contributed by atoms with Crippen LogP contribution in [0.2, 0.25) is 0 Å². The second-order valence-corrected chi connectivity index (χ2v) is 8.02. The number of nitrogens with one attached hydrogen (secondary N) is 1. The molecule has 0 saturated heterocycles. The highest BCUT2D eigenvalue weighted by Crippen LogP contribution is 2.52. The Morgan fingerprint density at radius 1 is 1.29 bits per heavy atom. The maximum atomic E-state index is 11.1. The number of benzene rings is 1. The highest BCUT2D eigenvalue weighted by atomic mass is 35.5. The molecule has 2 N–H and O–H groups in total. The lowest BCUT2D eigenvalue weighted by molar-refractivity contribution is -0.0548. The smallest absolute Gasteiger partial charge is 0.0685 e. The largest absolute Gasteiger partial charge is 0.390 e. The molecule has 116 valence electrons. The third-order valence-electron chi connectivity index (χ3n) is 5.12. The van der Waals surface area contributed by atoms with E-state index in [9.17, 15) is 5.11 Å². The van der Waals surface area contributed by atoms with Gasteiger partial charge in [-0.1, -0.05) is 43.2 Å². The van der Waals surface area contributed by atoms with Crippen molar-refractivity contribution in [3.63, 3.8) is 0 Å². The monoisotopic (exact) mass is 327 g/mol. The zero-order valence-electron chi connectivity index (χ0n) is 12.2. The normalized spacial score (nSPS) is 37.2. The summed E-state index contributed by atoms with van der Waals surface area (Å²) in [5.74, 6) is 0.557.